The van der Waals surface area contributed by atoms with E-state index in [1.54, 1.807) is 14.2 Å². The van der Waals surface area contributed by atoms with Crippen molar-refractivity contribution in [1.29, 1.82) is 0 Å². The van der Waals surface area contributed by atoms with Crippen LogP contribution in [-0.2, 0) is 9.47 Å². The molecule has 0 fully saturated rings. The first-order valence-electron chi connectivity index (χ1n) is 5.93. The van der Waals surface area contributed by atoms with E-state index < -0.39 is 0 Å². The molecule has 0 aliphatic rings. The van der Waals surface area contributed by atoms with Gasteiger partial charge in [-0.3, -0.25) is 5.43 Å². The smallest absolute Gasteiger partial charge is 0.208 e. The highest BCUT2D eigenvalue weighted by Crippen LogP contribution is 1.97. The number of aliphatic imine (C=N–C) groups is 1. The third-order valence-corrected chi connectivity index (χ3v) is 2.15. The maximum absolute atomic E-state index is 5.50. The molecule has 0 amide bonds. The molecule has 0 spiro atoms. The summed E-state index contributed by atoms with van der Waals surface area (Å²) < 4.78 is 10.1. The van der Waals surface area contributed by atoms with Gasteiger partial charge in [-0.05, 0) is 20.3 Å². The molecule has 0 saturated heterocycles. The molecule has 0 bridgehead atoms. The normalized spacial score (nSPS) is 12.0. The van der Waals surface area contributed by atoms with Gasteiger partial charge < -0.3 is 14.4 Å². The van der Waals surface area contributed by atoms with Gasteiger partial charge in [0.25, 0.3) is 0 Å². The highest BCUT2D eigenvalue weighted by atomic mass is 16.5. The van der Waals surface area contributed by atoms with Crippen molar-refractivity contribution in [1.82, 2.24) is 10.3 Å². The van der Waals surface area contributed by atoms with E-state index in [1.807, 2.05) is 13.8 Å². The quantitative estimate of drug-likeness (QED) is 0.210. The maximum atomic E-state index is 5.50. The number of nitrogens with zero attached hydrogens (tertiary/aromatic N) is 2. The van der Waals surface area contributed by atoms with E-state index in [9.17, 15) is 0 Å². The number of hydrogen-bond acceptors (Lipinski definition) is 4. The van der Waals surface area contributed by atoms with Gasteiger partial charge in [0, 0.05) is 40.0 Å². The molecule has 6 nitrogen and oxygen atoms in total. The largest absolute Gasteiger partial charge is 0.385 e. The van der Waals surface area contributed by atoms with Gasteiger partial charge in [-0.1, -0.05) is 0 Å². The standard InChI is InChI=1S/C11H26N4O2/c1-10(2)13-11(14-12)15(7-9-17-4)6-5-8-16-3/h10H,5-9,12H2,1-4H3,(H,13,14). The van der Waals surface area contributed by atoms with Crippen molar-refractivity contribution in [3.8, 4) is 0 Å². The highest BCUT2D eigenvalue weighted by molar-refractivity contribution is 5.79. The van der Waals surface area contributed by atoms with Crippen LogP contribution in [0, 0.1) is 0 Å². The van der Waals surface area contributed by atoms with Crippen molar-refractivity contribution in [3.05, 3.63) is 0 Å². The molecule has 102 valence electrons. The molecular weight excluding hydrogens is 220 g/mol. The third-order valence-electron chi connectivity index (χ3n) is 2.15. The third kappa shape index (κ3) is 7.95. The zero-order valence-corrected chi connectivity index (χ0v) is 11.4. The molecule has 0 heterocycles. The number of hydrazine groups is 1. The Kier molecular flexibility index (Phi) is 9.80. The molecule has 0 aromatic heterocycles. The predicted molar refractivity (Wildman–Crippen MR) is 69.8 cm³/mol. The minimum absolute atomic E-state index is 0.202. The summed E-state index contributed by atoms with van der Waals surface area (Å²) in [4.78, 5) is 6.51. The summed E-state index contributed by atoms with van der Waals surface area (Å²) in [6.45, 7) is 7.00. The molecule has 0 aliphatic heterocycles. The van der Waals surface area contributed by atoms with Crippen molar-refractivity contribution < 1.29 is 9.47 Å². The van der Waals surface area contributed by atoms with E-state index in [4.69, 9.17) is 15.3 Å². The summed E-state index contributed by atoms with van der Waals surface area (Å²) in [5.74, 6) is 6.21. The van der Waals surface area contributed by atoms with Crippen LogP contribution >= 0.6 is 0 Å². The second kappa shape index (κ2) is 10.3. The lowest BCUT2D eigenvalue weighted by Gasteiger charge is -2.25. The molecule has 6 heteroatoms. The zero-order chi connectivity index (χ0) is 13.1. The van der Waals surface area contributed by atoms with Crippen LogP contribution in [0.25, 0.3) is 0 Å². The van der Waals surface area contributed by atoms with Crippen LogP contribution in [0.1, 0.15) is 20.3 Å². The van der Waals surface area contributed by atoms with Crippen LogP contribution in [0.4, 0.5) is 0 Å². The number of nitrogens with two attached hydrogens (primary N) is 1. The van der Waals surface area contributed by atoms with Crippen LogP contribution in [0.5, 0.6) is 0 Å². The van der Waals surface area contributed by atoms with Crippen molar-refractivity contribution in [2.75, 3.05) is 40.5 Å². The summed E-state index contributed by atoms with van der Waals surface area (Å²) in [5.41, 5.74) is 2.65. The molecule has 0 unspecified atom stereocenters. The number of rotatable bonds is 8. The van der Waals surface area contributed by atoms with Crippen LogP contribution < -0.4 is 11.3 Å². The number of hydrogen-bond donors (Lipinski definition) is 2. The molecule has 0 saturated carbocycles. The Labute approximate surface area is 104 Å². The summed E-state index contributed by atoms with van der Waals surface area (Å²) in [7, 11) is 3.38. The molecule has 0 radical (unpaired) electrons. The average Bonchev–Trinajstić information content (AvgIpc) is 2.30. The van der Waals surface area contributed by atoms with Gasteiger partial charge in [0.1, 0.15) is 0 Å². The van der Waals surface area contributed by atoms with E-state index in [0.717, 1.165) is 26.1 Å². The van der Waals surface area contributed by atoms with Gasteiger partial charge in [0.05, 0.1) is 6.61 Å². The Morgan fingerprint density at radius 3 is 2.35 bits per heavy atom. The first-order valence-corrected chi connectivity index (χ1v) is 5.93. The molecule has 0 aliphatic carbocycles. The first kappa shape index (κ1) is 16.1. The Bertz CT molecular complexity index is 210. The van der Waals surface area contributed by atoms with Gasteiger partial charge >= 0.3 is 0 Å². The Hall–Kier alpha value is -0.850. The highest BCUT2D eigenvalue weighted by Gasteiger charge is 2.10. The van der Waals surface area contributed by atoms with Crippen LogP contribution in [0.15, 0.2) is 4.99 Å². The SMILES string of the molecule is COCCCN(CCOC)C(=NC(C)C)NN. The van der Waals surface area contributed by atoms with E-state index in [2.05, 4.69) is 15.3 Å². The minimum Gasteiger partial charge on any atom is -0.385 e. The molecule has 0 aromatic rings. The Morgan fingerprint density at radius 1 is 1.24 bits per heavy atom. The Morgan fingerprint density at radius 2 is 1.88 bits per heavy atom. The van der Waals surface area contributed by atoms with Crippen LogP contribution in [0.2, 0.25) is 0 Å². The van der Waals surface area contributed by atoms with Crippen molar-refractivity contribution in [2.45, 2.75) is 26.3 Å². The molecule has 0 atom stereocenters. The fourth-order valence-corrected chi connectivity index (χ4v) is 1.38. The van der Waals surface area contributed by atoms with Gasteiger partial charge in [-0.25, -0.2) is 10.8 Å². The lowest BCUT2D eigenvalue weighted by atomic mass is 10.4. The van der Waals surface area contributed by atoms with Crippen molar-refractivity contribution in [2.24, 2.45) is 10.8 Å². The van der Waals surface area contributed by atoms with Gasteiger partial charge in [0.2, 0.25) is 5.96 Å². The summed E-state index contributed by atoms with van der Waals surface area (Å²) in [5, 5.41) is 0. The monoisotopic (exact) mass is 246 g/mol. The first-order chi connectivity index (χ1) is 8.15. The molecule has 0 rings (SSSR count). The van der Waals surface area contributed by atoms with E-state index in [0.29, 0.717) is 12.6 Å². The number of ether oxygens (including phenoxy) is 2. The second-order valence-corrected chi connectivity index (χ2v) is 4.02. The number of nitrogens with one attached hydrogen (secondary N) is 1. The zero-order valence-electron chi connectivity index (χ0n) is 11.4. The number of guanidine groups is 1. The predicted octanol–water partition coefficient (Wildman–Crippen LogP) is 0.199. The summed E-state index contributed by atoms with van der Waals surface area (Å²) in [6, 6.07) is 0.202. The van der Waals surface area contributed by atoms with Gasteiger partial charge in [0.15, 0.2) is 0 Å². The van der Waals surface area contributed by atoms with Gasteiger partial charge in [-0.15, -0.1) is 0 Å². The van der Waals surface area contributed by atoms with Crippen LogP contribution in [0.3, 0.4) is 0 Å². The van der Waals surface area contributed by atoms with Crippen molar-refractivity contribution in [3.63, 3.8) is 0 Å². The Balaban J connectivity index is 4.39. The molecule has 0 aromatic carbocycles. The van der Waals surface area contributed by atoms with E-state index >= 15 is 0 Å². The topological polar surface area (TPSA) is 72.1 Å². The van der Waals surface area contributed by atoms with E-state index in [1.165, 1.54) is 0 Å². The average molecular weight is 246 g/mol. The maximum Gasteiger partial charge on any atom is 0.208 e. The van der Waals surface area contributed by atoms with Crippen LogP contribution in [-0.4, -0.2) is 57.4 Å². The lowest BCUT2D eigenvalue weighted by Crippen LogP contribution is -2.47. The number of methoxy groups -OCH3 is 2. The van der Waals surface area contributed by atoms with E-state index in [-0.39, 0.29) is 6.04 Å². The molecule has 17 heavy (non-hydrogen) atoms. The fraction of sp³-hybridized carbons (Fsp3) is 0.909. The molecule has 3 N–H and O–H groups in total. The molecular formula is C11H26N4O2. The summed E-state index contributed by atoms with van der Waals surface area (Å²) >= 11 is 0. The van der Waals surface area contributed by atoms with Gasteiger partial charge in [-0.2, -0.15) is 0 Å². The lowest BCUT2D eigenvalue weighted by molar-refractivity contribution is 0.159. The minimum atomic E-state index is 0.202. The second-order valence-electron chi connectivity index (χ2n) is 4.02. The van der Waals surface area contributed by atoms with Crippen molar-refractivity contribution >= 4 is 5.96 Å². The summed E-state index contributed by atoms with van der Waals surface area (Å²) in [6.07, 6.45) is 0.930. The fourth-order valence-electron chi connectivity index (χ4n) is 1.38.